The topological polar surface area (TPSA) is 86.4 Å². The van der Waals surface area contributed by atoms with Crippen LogP contribution in [0.15, 0.2) is 66.9 Å². The van der Waals surface area contributed by atoms with Crippen molar-refractivity contribution in [3.05, 3.63) is 66.9 Å². The van der Waals surface area contributed by atoms with Crippen molar-refractivity contribution in [3.8, 4) is 17.1 Å². The molecule has 5 aromatic rings. The highest BCUT2D eigenvalue weighted by Crippen LogP contribution is 2.32. The number of para-hydroxylation sites is 1. The van der Waals surface area contributed by atoms with Crippen LogP contribution in [0, 0.1) is 0 Å². The monoisotopic (exact) mass is 580 g/mol. The van der Waals surface area contributed by atoms with Gasteiger partial charge in [0.05, 0.1) is 35.7 Å². The highest BCUT2D eigenvalue weighted by Gasteiger charge is 2.24. The summed E-state index contributed by atoms with van der Waals surface area (Å²) in [5.74, 6) is 1.56. The van der Waals surface area contributed by atoms with Crippen molar-refractivity contribution in [1.82, 2.24) is 24.0 Å². The van der Waals surface area contributed by atoms with Crippen molar-refractivity contribution in [2.45, 2.75) is 58.6 Å². The molecule has 9 nitrogen and oxygen atoms in total. The largest absolute Gasteiger partial charge is 0.497 e. The summed E-state index contributed by atoms with van der Waals surface area (Å²) in [7, 11) is 1.66. The van der Waals surface area contributed by atoms with Gasteiger partial charge in [0.15, 0.2) is 0 Å². The van der Waals surface area contributed by atoms with Gasteiger partial charge in [0.2, 0.25) is 5.95 Å². The SMILES string of the molecule is COc1ccc(Nc2nc3cnc(-c4cc5ccccc5n4C(=O)OC(C)(C)C)cc3n2CCCN2CCCCC2)cc1. The minimum atomic E-state index is -0.633. The molecule has 3 aromatic heterocycles. The Balaban J connectivity index is 1.40. The van der Waals surface area contributed by atoms with Crippen LogP contribution in [0.1, 0.15) is 46.5 Å². The van der Waals surface area contributed by atoms with Gasteiger partial charge >= 0.3 is 6.09 Å². The van der Waals surface area contributed by atoms with Crippen LogP contribution in [0.2, 0.25) is 0 Å². The van der Waals surface area contributed by atoms with Gasteiger partial charge in [-0.2, -0.15) is 0 Å². The van der Waals surface area contributed by atoms with Crippen LogP contribution in [0.25, 0.3) is 33.3 Å². The van der Waals surface area contributed by atoms with Crippen molar-refractivity contribution in [2.24, 2.45) is 0 Å². The maximum atomic E-state index is 13.5. The van der Waals surface area contributed by atoms with E-state index in [0.29, 0.717) is 11.4 Å². The van der Waals surface area contributed by atoms with Crippen LogP contribution in [-0.2, 0) is 11.3 Å². The molecule has 1 N–H and O–H groups in total. The molecule has 1 aliphatic heterocycles. The van der Waals surface area contributed by atoms with Crippen LogP contribution in [-0.4, -0.2) is 62.4 Å². The van der Waals surface area contributed by atoms with Crippen LogP contribution in [0.3, 0.4) is 0 Å². The van der Waals surface area contributed by atoms with Gasteiger partial charge in [0.25, 0.3) is 0 Å². The Morgan fingerprint density at radius 3 is 2.47 bits per heavy atom. The number of carbonyl (C=O) groups excluding carboxylic acids is 1. The van der Waals surface area contributed by atoms with E-state index in [0.717, 1.165) is 58.8 Å². The zero-order valence-corrected chi connectivity index (χ0v) is 25.5. The summed E-state index contributed by atoms with van der Waals surface area (Å²) in [6.45, 7) is 9.81. The van der Waals surface area contributed by atoms with Crippen molar-refractivity contribution in [3.63, 3.8) is 0 Å². The van der Waals surface area contributed by atoms with Gasteiger partial charge in [-0.1, -0.05) is 24.6 Å². The average molecular weight is 581 g/mol. The lowest BCUT2D eigenvalue weighted by Crippen LogP contribution is -2.31. The molecule has 1 saturated heterocycles. The number of imidazole rings is 1. The van der Waals surface area contributed by atoms with Crippen molar-refractivity contribution >= 4 is 39.7 Å². The number of benzene rings is 2. The Labute approximate surface area is 252 Å². The Hall–Kier alpha value is -4.37. The molecule has 4 heterocycles. The quantitative estimate of drug-likeness (QED) is 0.204. The molecule has 9 heteroatoms. The maximum absolute atomic E-state index is 13.5. The molecular formula is C34H40N6O3. The molecule has 1 fully saturated rings. The van der Waals surface area contributed by atoms with Gasteiger partial charge < -0.3 is 24.3 Å². The summed E-state index contributed by atoms with van der Waals surface area (Å²) in [5.41, 5.74) is 4.19. The minimum Gasteiger partial charge on any atom is -0.497 e. The molecule has 0 saturated carbocycles. The second-order valence-electron chi connectivity index (χ2n) is 12.2. The zero-order valence-electron chi connectivity index (χ0n) is 25.5. The molecule has 43 heavy (non-hydrogen) atoms. The Morgan fingerprint density at radius 1 is 0.953 bits per heavy atom. The van der Waals surface area contributed by atoms with Crippen LogP contribution in [0.5, 0.6) is 5.75 Å². The van der Waals surface area contributed by atoms with Crippen LogP contribution < -0.4 is 10.1 Å². The van der Waals surface area contributed by atoms with E-state index in [1.165, 1.54) is 32.4 Å². The highest BCUT2D eigenvalue weighted by molar-refractivity contribution is 5.96. The number of piperidine rings is 1. The summed E-state index contributed by atoms with van der Waals surface area (Å²) in [6.07, 6.45) is 6.25. The summed E-state index contributed by atoms with van der Waals surface area (Å²) >= 11 is 0. The van der Waals surface area contributed by atoms with Gasteiger partial charge in [0.1, 0.15) is 16.9 Å². The second-order valence-corrected chi connectivity index (χ2v) is 12.2. The maximum Gasteiger partial charge on any atom is 0.419 e. The number of aryl methyl sites for hydroxylation is 1. The van der Waals surface area contributed by atoms with Crippen LogP contribution in [0.4, 0.5) is 16.4 Å². The number of carbonyl (C=O) groups is 1. The fourth-order valence-corrected chi connectivity index (χ4v) is 5.78. The van der Waals surface area contributed by atoms with Gasteiger partial charge in [-0.15, -0.1) is 0 Å². The fraction of sp³-hybridized carbons (Fsp3) is 0.382. The third-order valence-electron chi connectivity index (χ3n) is 7.83. The number of rotatable bonds is 8. The van der Waals surface area contributed by atoms with E-state index >= 15 is 0 Å². The first-order chi connectivity index (χ1) is 20.8. The van der Waals surface area contributed by atoms with Gasteiger partial charge in [-0.25, -0.2) is 14.3 Å². The first kappa shape index (κ1) is 28.7. The van der Waals surface area contributed by atoms with Gasteiger partial charge in [0, 0.05) is 17.6 Å². The lowest BCUT2D eigenvalue weighted by molar-refractivity contribution is 0.0547. The lowest BCUT2D eigenvalue weighted by atomic mass is 10.1. The molecule has 224 valence electrons. The van der Waals surface area contributed by atoms with Crippen molar-refractivity contribution in [2.75, 3.05) is 32.1 Å². The number of fused-ring (bicyclic) bond motifs is 2. The van der Waals surface area contributed by atoms with Gasteiger partial charge in [-0.05, 0) is 102 Å². The Kier molecular flexibility index (Phi) is 8.08. The number of ether oxygens (including phenoxy) is 2. The van der Waals surface area contributed by atoms with Crippen molar-refractivity contribution in [1.29, 1.82) is 0 Å². The Morgan fingerprint density at radius 2 is 1.72 bits per heavy atom. The number of aromatic nitrogens is 4. The molecule has 0 amide bonds. The highest BCUT2D eigenvalue weighted by atomic mass is 16.6. The van der Waals surface area contributed by atoms with E-state index in [2.05, 4.69) is 14.8 Å². The predicted molar refractivity (Wildman–Crippen MR) is 171 cm³/mol. The smallest absolute Gasteiger partial charge is 0.419 e. The van der Waals surface area contributed by atoms with E-state index < -0.39 is 11.7 Å². The summed E-state index contributed by atoms with van der Waals surface area (Å²) < 4.78 is 15.0. The van der Waals surface area contributed by atoms with Gasteiger partial charge in [-0.3, -0.25) is 4.98 Å². The lowest BCUT2D eigenvalue weighted by Gasteiger charge is -2.26. The number of anilines is 2. The Bertz CT molecular complexity index is 1730. The van der Waals surface area contributed by atoms with E-state index in [4.69, 9.17) is 19.4 Å². The summed E-state index contributed by atoms with van der Waals surface area (Å²) in [6, 6.07) is 19.7. The molecule has 0 unspecified atom stereocenters. The number of hydrogen-bond donors (Lipinski definition) is 1. The number of hydrogen-bond acceptors (Lipinski definition) is 7. The summed E-state index contributed by atoms with van der Waals surface area (Å²) in [5, 5.41) is 4.46. The molecule has 0 radical (unpaired) electrons. The number of likely N-dealkylation sites (tertiary alicyclic amines) is 1. The number of nitrogens with zero attached hydrogens (tertiary/aromatic N) is 5. The third kappa shape index (κ3) is 6.37. The zero-order chi connectivity index (χ0) is 30.0. The first-order valence-corrected chi connectivity index (χ1v) is 15.1. The van der Waals surface area contributed by atoms with E-state index in [9.17, 15) is 4.79 Å². The second kappa shape index (κ2) is 12.1. The number of methoxy groups -OCH3 is 1. The molecule has 0 aliphatic carbocycles. The molecule has 2 aromatic carbocycles. The minimum absolute atomic E-state index is 0.428. The summed E-state index contributed by atoms with van der Waals surface area (Å²) in [4.78, 5) is 25.8. The molecule has 0 atom stereocenters. The number of nitrogens with one attached hydrogen (secondary N) is 1. The van der Waals surface area contributed by atoms with E-state index in [-0.39, 0.29) is 0 Å². The van der Waals surface area contributed by atoms with Crippen LogP contribution >= 0.6 is 0 Å². The predicted octanol–water partition coefficient (Wildman–Crippen LogP) is 7.46. The normalized spacial score (nSPS) is 14.3. The molecule has 0 spiro atoms. The average Bonchev–Trinajstić information content (AvgIpc) is 3.55. The first-order valence-electron chi connectivity index (χ1n) is 15.1. The fourth-order valence-electron chi connectivity index (χ4n) is 5.78. The van der Waals surface area contributed by atoms with Crippen molar-refractivity contribution < 1.29 is 14.3 Å². The van der Waals surface area contributed by atoms with E-state index in [1.54, 1.807) is 17.9 Å². The standard InChI is InChI=1S/C34H40N6O3/c1-34(2,3)43-33(41)40-29-12-7-6-11-24(29)21-31(40)27-22-30-28(23-35-27)37-32(36-25-13-15-26(42-4)16-14-25)39(30)20-10-19-38-17-8-5-9-18-38/h6-7,11-16,21-23H,5,8-10,17-20H2,1-4H3,(H,36,37). The van der Waals surface area contributed by atoms with E-state index in [1.807, 2.05) is 81.4 Å². The number of pyridine rings is 1. The molecular weight excluding hydrogens is 540 g/mol. The molecule has 6 rings (SSSR count). The molecule has 0 bridgehead atoms. The molecule has 1 aliphatic rings. The third-order valence-corrected chi connectivity index (χ3v) is 7.83.